The van der Waals surface area contributed by atoms with Crippen molar-refractivity contribution < 1.29 is 4.74 Å². The fourth-order valence-electron chi connectivity index (χ4n) is 1.90. The first-order valence-corrected chi connectivity index (χ1v) is 7.07. The Hall–Kier alpha value is -1.32. The number of rotatable bonds is 4. The Morgan fingerprint density at radius 3 is 2.58 bits per heavy atom. The van der Waals surface area contributed by atoms with Gasteiger partial charge < -0.3 is 10.1 Å². The third kappa shape index (κ3) is 3.58. The quantitative estimate of drug-likeness (QED) is 0.890. The maximum absolute atomic E-state index is 6.08. The summed E-state index contributed by atoms with van der Waals surface area (Å²) in [4.78, 5) is 0. The summed E-state index contributed by atoms with van der Waals surface area (Å²) in [5, 5.41) is 3.16. The lowest BCUT2D eigenvalue weighted by atomic mass is 10.1. The topological polar surface area (TPSA) is 21.3 Å². The van der Waals surface area contributed by atoms with E-state index in [0.717, 1.165) is 33.6 Å². The molecule has 19 heavy (non-hydrogen) atoms. The van der Waals surface area contributed by atoms with Crippen molar-refractivity contribution >= 4 is 15.9 Å². The van der Waals surface area contributed by atoms with E-state index in [9.17, 15) is 0 Å². The van der Waals surface area contributed by atoms with Crippen molar-refractivity contribution in [1.82, 2.24) is 5.32 Å². The van der Waals surface area contributed by atoms with E-state index in [4.69, 9.17) is 4.74 Å². The second kappa shape index (κ2) is 6.22. The molecule has 0 amide bonds. The molecule has 0 bridgehead atoms. The molecule has 0 atom stereocenters. The number of hydrogen-bond donors (Lipinski definition) is 1. The number of aryl methyl sites for hydroxylation is 2. The average molecular weight is 320 g/mol. The second-order valence-electron chi connectivity index (χ2n) is 4.65. The molecule has 2 aromatic rings. The third-order valence-electron chi connectivity index (χ3n) is 2.96. The van der Waals surface area contributed by atoms with Gasteiger partial charge in [-0.1, -0.05) is 34.1 Å². The van der Waals surface area contributed by atoms with Crippen molar-refractivity contribution in [3.05, 3.63) is 57.6 Å². The number of benzene rings is 2. The molecule has 0 fully saturated rings. The molecule has 2 nitrogen and oxygen atoms in total. The minimum Gasteiger partial charge on any atom is -0.457 e. The second-order valence-corrected chi connectivity index (χ2v) is 5.57. The fourth-order valence-corrected chi connectivity index (χ4v) is 2.24. The first-order valence-electron chi connectivity index (χ1n) is 6.28. The van der Waals surface area contributed by atoms with E-state index < -0.39 is 0 Å². The van der Waals surface area contributed by atoms with Crippen LogP contribution in [0.25, 0.3) is 0 Å². The van der Waals surface area contributed by atoms with E-state index in [1.165, 1.54) is 5.56 Å². The zero-order chi connectivity index (χ0) is 13.8. The maximum atomic E-state index is 6.08. The number of hydrogen-bond acceptors (Lipinski definition) is 2. The molecule has 0 heterocycles. The Morgan fingerprint density at radius 2 is 1.84 bits per heavy atom. The van der Waals surface area contributed by atoms with Crippen LogP contribution in [0.1, 0.15) is 16.7 Å². The van der Waals surface area contributed by atoms with E-state index in [-0.39, 0.29) is 0 Å². The monoisotopic (exact) mass is 319 g/mol. The van der Waals surface area contributed by atoms with Crippen LogP contribution in [0.4, 0.5) is 0 Å². The summed E-state index contributed by atoms with van der Waals surface area (Å²) in [6, 6.07) is 12.4. The van der Waals surface area contributed by atoms with Gasteiger partial charge in [0.2, 0.25) is 0 Å². The Kier molecular flexibility index (Phi) is 4.61. The molecule has 0 spiro atoms. The van der Waals surface area contributed by atoms with Gasteiger partial charge in [0.05, 0.1) is 0 Å². The van der Waals surface area contributed by atoms with Crippen molar-refractivity contribution in [1.29, 1.82) is 0 Å². The standard InChI is InChI=1S/C16H18BrNO/c1-11-4-5-12(2)15(8-11)19-16-9-14(17)7-6-13(16)10-18-3/h4-9,18H,10H2,1-3H3. The van der Waals surface area contributed by atoms with Crippen LogP contribution in [-0.2, 0) is 6.54 Å². The third-order valence-corrected chi connectivity index (χ3v) is 3.45. The molecule has 0 aliphatic carbocycles. The molecule has 0 aliphatic heterocycles. The first kappa shape index (κ1) is 14.1. The van der Waals surface area contributed by atoms with Gasteiger partial charge in [-0.15, -0.1) is 0 Å². The summed E-state index contributed by atoms with van der Waals surface area (Å²) < 4.78 is 7.11. The van der Waals surface area contributed by atoms with Crippen LogP contribution in [0.2, 0.25) is 0 Å². The van der Waals surface area contributed by atoms with Gasteiger partial charge in [0.25, 0.3) is 0 Å². The highest BCUT2D eigenvalue weighted by Crippen LogP contribution is 2.31. The van der Waals surface area contributed by atoms with Crippen molar-refractivity contribution in [2.24, 2.45) is 0 Å². The van der Waals surface area contributed by atoms with Crippen LogP contribution in [0.15, 0.2) is 40.9 Å². The molecule has 1 N–H and O–H groups in total. The summed E-state index contributed by atoms with van der Waals surface area (Å²) in [6.45, 7) is 4.92. The summed E-state index contributed by atoms with van der Waals surface area (Å²) in [5.41, 5.74) is 3.48. The number of ether oxygens (including phenoxy) is 1. The molecular formula is C16H18BrNO. The lowest BCUT2D eigenvalue weighted by molar-refractivity contribution is 0.470. The predicted octanol–water partition coefficient (Wildman–Crippen LogP) is 4.58. The zero-order valence-electron chi connectivity index (χ0n) is 11.5. The van der Waals surface area contributed by atoms with Crippen molar-refractivity contribution in [3.8, 4) is 11.5 Å². The molecule has 100 valence electrons. The first-order chi connectivity index (χ1) is 9.10. The molecular weight excluding hydrogens is 302 g/mol. The van der Waals surface area contributed by atoms with Gasteiger partial charge in [0, 0.05) is 16.6 Å². The summed E-state index contributed by atoms with van der Waals surface area (Å²) >= 11 is 3.49. The van der Waals surface area contributed by atoms with Crippen LogP contribution >= 0.6 is 15.9 Å². The van der Waals surface area contributed by atoms with Crippen molar-refractivity contribution in [2.75, 3.05) is 7.05 Å². The maximum Gasteiger partial charge on any atom is 0.133 e. The zero-order valence-corrected chi connectivity index (χ0v) is 13.0. The summed E-state index contributed by atoms with van der Waals surface area (Å²) in [6.07, 6.45) is 0. The van der Waals surface area contributed by atoms with E-state index in [1.807, 2.05) is 19.2 Å². The molecule has 3 heteroatoms. The normalized spacial score (nSPS) is 10.5. The number of halogens is 1. The summed E-state index contributed by atoms with van der Waals surface area (Å²) in [5.74, 6) is 1.80. The molecule has 2 rings (SSSR count). The molecule has 2 aromatic carbocycles. The minimum absolute atomic E-state index is 0.785. The van der Waals surface area contributed by atoms with E-state index in [0.29, 0.717) is 0 Å². The largest absolute Gasteiger partial charge is 0.457 e. The fraction of sp³-hybridized carbons (Fsp3) is 0.250. The van der Waals surface area contributed by atoms with E-state index in [2.05, 4.69) is 59.4 Å². The van der Waals surface area contributed by atoms with E-state index in [1.54, 1.807) is 0 Å². The van der Waals surface area contributed by atoms with Crippen LogP contribution in [0.3, 0.4) is 0 Å². The molecule has 0 aliphatic rings. The molecule has 0 saturated heterocycles. The predicted molar refractivity (Wildman–Crippen MR) is 82.9 cm³/mol. The van der Waals surface area contributed by atoms with Crippen LogP contribution in [0.5, 0.6) is 11.5 Å². The van der Waals surface area contributed by atoms with Gasteiger partial charge in [-0.3, -0.25) is 0 Å². The Balaban J connectivity index is 2.36. The van der Waals surface area contributed by atoms with Gasteiger partial charge in [-0.2, -0.15) is 0 Å². The highest BCUT2D eigenvalue weighted by atomic mass is 79.9. The summed E-state index contributed by atoms with van der Waals surface area (Å²) in [7, 11) is 1.93. The van der Waals surface area contributed by atoms with Gasteiger partial charge in [0.15, 0.2) is 0 Å². The molecule has 0 unspecified atom stereocenters. The lowest BCUT2D eigenvalue weighted by Crippen LogP contribution is -2.06. The van der Waals surface area contributed by atoms with Gasteiger partial charge in [0.1, 0.15) is 11.5 Å². The Bertz CT molecular complexity index is 581. The minimum atomic E-state index is 0.785. The van der Waals surface area contributed by atoms with Gasteiger partial charge in [-0.05, 0) is 50.2 Å². The van der Waals surface area contributed by atoms with Gasteiger partial charge >= 0.3 is 0 Å². The highest BCUT2D eigenvalue weighted by molar-refractivity contribution is 9.10. The SMILES string of the molecule is CNCc1ccc(Br)cc1Oc1cc(C)ccc1C. The van der Waals surface area contributed by atoms with Crippen LogP contribution in [0, 0.1) is 13.8 Å². The Labute approximate surface area is 122 Å². The lowest BCUT2D eigenvalue weighted by Gasteiger charge is -2.14. The number of nitrogens with one attached hydrogen (secondary N) is 1. The Morgan fingerprint density at radius 1 is 1.05 bits per heavy atom. The van der Waals surface area contributed by atoms with Crippen LogP contribution in [-0.4, -0.2) is 7.05 Å². The van der Waals surface area contributed by atoms with E-state index >= 15 is 0 Å². The van der Waals surface area contributed by atoms with Crippen molar-refractivity contribution in [2.45, 2.75) is 20.4 Å². The van der Waals surface area contributed by atoms with Gasteiger partial charge in [-0.25, -0.2) is 0 Å². The van der Waals surface area contributed by atoms with Crippen LogP contribution < -0.4 is 10.1 Å². The molecule has 0 radical (unpaired) electrons. The molecule has 0 aromatic heterocycles. The average Bonchev–Trinajstić information content (AvgIpc) is 2.37. The highest BCUT2D eigenvalue weighted by Gasteiger charge is 2.07. The smallest absolute Gasteiger partial charge is 0.133 e. The van der Waals surface area contributed by atoms with Crippen molar-refractivity contribution in [3.63, 3.8) is 0 Å². The molecule has 0 saturated carbocycles.